The fourth-order valence-corrected chi connectivity index (χ4v) is 6.51. The largest absolute Gasteiger partial charge is 0.303 e. The van der Waals surface area contributed by atoms with Crippen LogP contribution in [0.15, 0.2) is 90.5 Å². The predicted octanol–water partition coefficient (Wildman–Crippen LogP) is 8.43. The van der Waals surface area contributed by atoms with Crippen molar-refractivity contribution in [3.05, 3.63) is 134 Å². The second kappa shape index (κ2) is 14.4. The van der Waals surface area contributed by atoms with Crippen LogP contribution >= 0.6 is 0 Å². The van der Waals surface area contributed by atoms with Gasteiger partial charge < -0.3 is 4.90 Å². The van der Waals surface area contributed by atoms with Crippen molar-refractivity contribution in [1.82, 2.24) is 9.88 Å². The van der Waals surface area contributed by atoms with Crippen LogP contribution in [0.4, 0.5) is 5.69 Å². The molecule has 0 bridgehead atoms. The van der Waals surface area contributed by atoms with Crippen molar-refractivity contribution >= 4 is 22.8 Å². The lowest BCUT2D eigenvalue weighted by molar-refractivity contribution is -0.384. The standard InChI is InChI=1S/C38H39N3O4/c1-26-35(28(3)42)38(32-17-12-18-33(25-32)41(44)45)36(27(2)39-26)34(43)19-10-11-22-40-23-20-31(21-24-40)37(29-13-6-4-7-14-29)30-15-8-5-9-16-30/h4-9,12-18,25H,10-11,19-24H2,1-3H3. The number of nitrogens with zero attached hydrogens (tertiary/aromatic N) is 3. The maximum atomic E-state index is 13.7. The minimum Gasteiger partial charge on any atom is -0.303 e. The number of benzene rings is 3. The second-order valence-electron chi connectivity index (χ2n) is 11.7. The molecule has 4 aromatic rings. The topological polar surface area (TPSA) is 93.4 Å². The monoisotopic (exact) mass is 601 g/mol. The van der Waals surface area contributed by atoms with E-state index in [1.807, 2.05) is 0 Å². The van der Waals surface area contributed by atoms with Gasteiger partial charge >= 0.3 is 0 Å². The van der Waals surface area contributed by atoms with Crippen LogP contribution in [0.25, 0.3) is 16.7 Å². The first-order chi connectivity index (χ1) is 21.7. The number of nitro groups is 1. The average molecular weight is 602 g/mol. The van der Waals surface area contributed by atoms with Gasteiger partial charge in [0.2, 0.25) is 0 Å². The molecule has 1 aliphatic rings. The van der Waals surface area contributed by atoms with Crippen LogP contribution in [0, 0.1) is 24.0 Å². The van der Waals surface area contributed by atoms with Crippen molar-refractivity contribution in [2.24, 2.45) is 0 Å². The number of unbranched alkanes of at least 4 members (excludes halogenated alkanes) is 1. The Balaban J connectivity index is 1.27. The Bertz CT molecular complexity index is 1690. The summed E-state index contributed by atoms with van der Waals surface area (Å²) in [5.74, 6) is -0.319. The Morgan fingerprint density at radius 1 is 0.822 bits per heavy atom. The molecule has 0 amide bonds. The van der Waals surface area contributed by atoms with Gasteiger partial charge in [0.05, 0.1) is 4.92 Å². The number of pyridine rings is 1. The van der Waals surface area contributed by atoms with Gasteiger partial charge in [-0.1, -0.05) is 78.4 Å². The first-order valence-electron chi connectivity index (χ1n) is 15.6. The molecule has 45 heavy (non-hydrogen) atoms. The maximum absolute atomic E-state index is 13.7. The molecule has 0 atom stereocenters. The molecule has 0 N–H and O–H groups in total. The molecule has 7 nitrogen and oxygen atoms in total. The zero-order valence-electron chi connectivity index (χ0n) is 26.2. The lowest BCUT2D eigenvalue weighted by atomic mass is 9.87. The SMILES string of the molecule is CC(=O)c1c(C)nc(C)c(C(=O)CCCCN2CCC(=C(c3ccccc3)c3ccccc3)CC2)c1-c1cccc([N+](=O)[O-])c1. The van der Waals surface area contributed by atoms with Crippen LogP contribution in [0.3, 0.4) is 0 Å². The van der Waals surface area contributed by atoms with E-state index in [2.05, 4.69) is 70.5 Å². The van der Waals surface area contributed by atoms with E-state index in [0.29, 0.717) is 46.5 Å². The highest BCUT2D eigenvalue weighted by molar-refractivity contribution is 6.11. The van der Waals surface area contributed by atoms with Crippen LogP contribution in [-0.2, 0) is 0 Å². The van der Waals surface area contributed by atoms with Gasteiger partial charge in [-0.3, -0.25) is 24.7 Å². The summed E-state index contributed by atoms with van der Waals surface area (Å²) in [5.41, 5.74) is 7.94. The van der Waals surface area contributed by atoms with E-state index in [-0.39, 0.29) is 17.3 Å². The Morgan fingerprint density at radius 2 is 1.42 bits per heavy atom. The molecule has 1 aliphatic heterocycles. The number of piperidine rings is 1. The molecule has 1 aromatic heterocycles. The number of hydrogen-bond donors (Lipinski definition) is 0. The molecule has 0 saturated carbocycles. The van der Waals surface area contributed by atoms with Crippen LogP contribution in [0.2, 0.25) is 0 Å². The number of non-ortho nitro benzene ring substituents is 1. The first-order valence-corrected chi connectivity index (χ1v) is 15.6. The van der Waals surface area contributed by atoms with Crippen LogP contribution in [0.5, 0.6) is 0 Å². The number of aryl methyl sites for hydroxylation is 2. The number of hydrogen-bond acceptors (Lipinski definition) is 6. The van der Waals surface area contributed by atoms with E-state index < -0.39 is 4.92 Å². The van der Waals surface area contributed by atoms with E-state index in [4.69, 9.17) is 0 Å². The van der Waals surface area contributed by atoms with Crippen molar-refractivity contribution in [2.45, 2.75) is 52.9 Å². The molecule has 3 aromatic carbocycles. The number of likely N-dealkylation sites (tertiary alicyclic amines) is 1. The maximum Gasteiger partial charge on any atom is 0.270 e. The van der Waals surface area contributed by atoms with Crippen LogP contribution in [0.1, 0.15) is 82.3 Å². The van der Waals surface area contributed by atoms with Gasteiger partial charge in [0, 0.05) is 59.7 Å². The van der Waals surface area contributed by atoms with E-state index in [1.54, 1.807) is 26.0 Å². The zero-order chi connectivity index (χ0) is 31.9. The number of Topliss-reactive ketones (excluding diaryl/α,β-unsaturated/α-hetero) is 2. The Kier molecular flexibility index (Phi) is 10.1. The molecule has 0 spiro atoms. The summed E-state index contributed by atoms with van der Waals surface area (Å²) in [4.78, 5) is 44.5. The number of nitro benzene ring substituents is 1. The smallest absolute Gasteiger partial charge is 0.270 e. The van der Waals surface area contributed by atoms with Crippen molar-refractivity contribution in [1.29, 1.82) is 0 Å². The lowest BCUT2D eigenvalue weighted by Gasteiger charge is -2.30. The molecule has 1 fully saturated rings. The minimum atomic E-state index is -0.469. The minimum absolute atomic E-state index is 0.0910. The number of ketones is 2. The summed E-state index contributed by atoms with van der Waals surface area (Å²) in [6.45, 7) is 7.81. The van der Waals surface area contributed by atoms with Gasteiger partial charge in [-0.2, -0.15) is 0 Å². The lowest BCUT2D eigenvalue weighted by Crippen LogP contribution is -2.32. The van der Waals surface area contributed by atoms with Crippen molar-refractivity contribution in [3.63, 3.8) is 0 Å². The van der Waals surface area contributed by atoms with Gasteiger partial charge in [-0.25, -0.2) is 0 Å². The summed E-state index contributed by atoms with van der Waals surface area (Å²) >= 11 is 0. The molecule has 7 heteroatoms. The predicted molar refractivity (Wildman–Crippen MR) is 179 cm³/mol. The molecule has 230 valence electrons. The average Bonchev–Trinajstić information content (AvgIpc) is 3.04. The molecular formula is C38H39N3O4. The van der Waals surface area contributed by atoms with E-state index >= 15 is 0 Å². The van der Waals surface area contributed by atoms with Crippen molar-refractivity contribution in [3.8, 4) is 11.1 Å². The highest BCUT2D eigenvalue weighted by Crippen LogP contribution is 2.35. The van der Waals surface area contributed by atoms with Crippen molar-refractivity contribution < 1.29 is 14.5 Å². The molecule has 0 aliphatic carbocycles. The van der Waals surface area contributed by atoms with E-state index in [9.17, 15) is 19.7 Å². The highest BCUT2D eigenvalue weighted by atomic mass is 16.6. The van der Waals surface area contributed by atoms with Gasteiger partial charge in [0.25, 0.3) is 5.69 Å². The quantitative estimate of drug-likeness (QED) is 0.0741. The van der Waals surface area contributed by atoms with Gasteiger partial charge in [0.1, 0.15) is 0 Å². The fourth-order valence-electron chi connectivity index (χ4n) is 6.51. The summed E-state index contributed by atoms with van der Waals surface area (Å²) in [5, 5.41) is 11.5. The van der Waals surface area contributed by atoms with Gasteiger partial charge in [0.15, 0.2) is 11.6 Å². The molecule has 0 radical (unpaired) electrons. The van der Waals surface area contributed by atoms with Gasteiger partial charge in [-0.05, 0) is 75.3 Å². The third kappa shape index (κ3) is 7.32. The summed E-state index contributed by atoms with van der Waals surface area (Å²) in [6.07, 6.45) is 3.91. The Hall–Kier alpha value is -4.75. The number of carbonyl (C=O) groups excluding carboxylic acids is 2. The Morgan fingerprint density at radius 3 is 2.00 bits per heavy atom. The third-order valence-electron chi connectivity index (χ3n) is 8.60. The summed E-state index contributed by atoms with van der Waals surface area (Å²) < 4.78 is 0. The van der Waals surface area contributed by atoms with Crippen LogP contribution < -0.4 is 0 Å². The summed E-state index contributed by atoms with van der Waals surface area (Å²) in [7, 11) is 0. The van der Waals surface area contributed by atoms with Crippen molar-refractivity contribution in [2.75, 3.05) is 19.6 Å². The molecule has 5 rings (SSSR count). The molecular weight excluding hydrogens is 562 g/mol. The molecule has 0 unspecified atom stereocenters. The zero-order valence-corrected chi connectivity index (χ0v) is 26.2. The number of carbonyl (C=O) groups is 2. The van der Waals surface area contributed by atoms with Crippen LogP contribution in [-0.4, -0.2) is 46.0 Å². The number of aromatic nitrogens is 1. The highest BCUT2D eigenvalue weighted by Gasteiger charge is 2.25. The van der Waals surface area contributed by atoms with E-state index in [1.165, 1.54) is 41.3 Å². The first kappa shape index (κ1) is 31.7. The second-order valence-corrected chi connectivity index (χ2v) is 11.7. The Labute approximate surface area is 264 Å². The number of rotatable bonds is 11. The fraction of sp³-hybridized carbons (Fsp3) is 0.289. The molecule has 2 heterocycles. The summed E-state index contributed by atoms with van der Waals surface area (Å²) in [6, 6.07) is 27.4. The molecule has 1 saturated heterocycles. The van der Waals surface area contributed by atoms with Gasteiger partial charge in [-0.15, -0.1) is 0 Å². The van der Waals surface area contributed by atoms with E-state index in [0.717, 1.165) is 38.9 Å². The third-order valence-corrected chi connectivity index (χ3v) is 8.60. The normalized spacial score (nSPS) is 13.4.